The molecule has 0 heterocycles. The van der Waals surface area contributed by atoms with Crippen LogP contribution in [0.3, 0.4) is 0 Å². The van der Waals surface area contributed by atoms with Gasteiger partial charge < -0.3 is 5.73 Å². The minimum absolute atomic E-state index is 0.131. The van der Waals surface area contributed by atoms with Crippen molar-refractivity contribution in [1.82, 2.24) is 4.72 Å². The van der Waals surface area contributed by atoms with Crippen LogP contribution >= 0.6 is 0 Å². The maximum absolute atomic E-state index is 13.5. The maximum atomic E-state index is 13.5. The lowest BCUT2D eigenvalue weighted by Gasteiger charge is -2.14. The van der Waals surface area contributed by atoms with Gasteiger partial charge in [-0.3, -0.25) is 0 Å². The number of sulfonamides is 1. The molecule has 1 unspecified atom stereocenters. The van der Waals surface area contributed by atoms with Crippen LogP contribution in [0, 0.1) is 17.6 Å². The quantitative estimate of drug-likeness (QED) is 0.821. The van der Waals surface area contributed by atoms with Gasteiger partial charge in [-0.25, -0.2) is 21.9 Å². The third-order valence-corrected chi connectivity index (χ3v) is 4.54. The van der Waals surface area contributed by atoms with Crippen LogP contribution in [0.5, 0.6) is 0 Å². The van der Waals surface area contributed by atoms with Crippen LogP contribution in [0.4, 0.5) is 14.5 Å². The second kappa shape index (κ2) is 4.47. The number of halogens is 2. The Morgan fingerprint density at radius 2 is 2.00 bits per heavy atom. The summed E-state index contributed by atoms with van der Waals surface area (Å²) in [5.41, 5.74) is 5.20. The molecule has 1 atom stereocenters. The Bertz CT molecular complexity index is 571. The summed E-state index contributed by atoms with van der Waals surface area (Å²) < 4.78 is 52.8. The van der Waals surface area contributed by atoms with E-state index in [1.807, 2.05) is 0 Å². The first-order chi connectivity index (χ1) is 8.31. The summed E-state index contributed by atoms with van der Waals surface area (Å²) in [5.74, 6) is -2.40. The normalized spacial score (nSPS) is 17.7. The largest absolute Gasteiger partial charge is 0.399 e. The van der Waals surface area contributed by atoms with Crippen LogP contribution in [0.1, 0.15) is 19.8 Å². The molecule has 1 aromatic rings. The number of anilines is 1. The Labute approximate surface area is 104 Å². The molecular weight excluding hydrogens is 262 g/mol. The zero-order valence-electron chi connectivity index (χ0n) is 9.78. The molecule has 7 heteroatoms. The van der Waals surface area contributed by atoms with Crippen molar-refractivity contribution < 1.29 is 17.2 Å². The second-order valence-corrected chi connectivity index (χ2v) is 6.24. The molecule has 0 amide bonds. The Balaban J connectivity index is 2.34. The van der Waals surface area contributed by atoms with Crippen LogP contribution in [-0.4, -0.2) is 14.5 Å². The molecule has 3 N–H and O–H groups in total. The summed E-state index contributed by atoms with van der Waals surface area (Å²) in [6, 6.07) is 1.37. The average molecular weight is 276 g/mol. The highest BCUT2D eigenvalue weighted by Gasteiger charge is 2.32. The minimum Gasteiger partial charge on any atom is -0.399 e. The van der Waals surface area contributed by atoms with E-state index in [4.69, 9.17) is 5.73 Å². The molecule has 18 heavy (non-hydrogen) atoms. The van der Waals surface area contributed by atoms with Gasteiger partial charge in [-0.15, -0.1) is 0 Å². The number of benzene rings is 1. The minimum atomic E-state index is -4.09. The first kappa shape index (κ1) is 13.2. The third-order valence-electron chi connectivity index (χ3n) is 2.98. The Hall–Kier alpha value is -1.21. The Morgan fingerprint density at radius 3 is 2.56 bits per heavy atom. The van der Waals surface area contributed by atoms with Crippen molar-refractivity contribution in [2.45, 2.75) is 30.7 Å². The van der Waals surface area contributed by atoms with Crippen molar-refractivity contribution in [3.8, 4) is 0 Å². The van der Waals surface area contributed by atoms with Crippen LogP contribution in [0.25, 0.3) is 0 Å². The van der Waals surface area contributed by atoms with E-state index in [-0.39, 0.29) is 17.6 Å². The number of nitrogen functional groups attached to an aromatic ring is 1. The Kier molecular flexibility index (Phi) is 3.29. The lowest BCUT2D eigenvalue weighted by Crippen LogP contribution is -2.34. The van der Waals surface area contributed by atoms with Gasteiger partial charge in [0, 0.05) is 11.7 Å². The number of nitrogens with one attached hydrogen (secondary N) is 1. The molecule has 100 valence electrons. The summed E-state index contributed by atoms with van der Waals surface area (Å²) in [6.07, 6.45) is 1.88. The lowest BCUT2D eigenvalue weighted by atomic mass is 10.2. The van der Waals surface area contributed by atoms with Crippen LogP contribution in [-0.2, 0) is 10.0 Å². The topological polar surface area (TPSA) is 72.2 Å². The van der Waals surface area contributed by atoms with Crippen molar-refractivity contribution in [3.05, 3.63) is 23.8 Å². The van der Waals surface area contributed by atoms with Crippen molar-refractivity contribution in [3.63, 3.8) is 0 Å². The van der Waals surface area contributed by atoms with Gasteiger partial charge >= 0.3 is 0 Å². The van der Waals surface area contributed by atoms with Gasteiger partial charge in [0.05, 0.1) is 0 Å². The molecule has 1 aliphatic rings. The number of hydrogen-bond acceptors (Lipinski definition) is 3. The summed E-state index contributed by atoms with van der Waals surface area (Å²) in [4.78, 5) is -0.743. The van der Waals surface area contributed by atoms with E-state index in [9.17, 15) is 17.2 Å². The second-order valence-electron chi connectivity index (χ2n) is 4.56. The predicted molar refractivity (Wildman–Crippen MR) is 63.3 cm³/mol. The van der Waals surface area contributed by atoms with E-state index in [1.165, 1.54) is 0 Å². The number of nitrogens with two attached hydrogens (primary N) is 1. The van der Waals surface area contributed by atoms with Gasteiger partial charge in [-0.2, -0.15) is 0 Å². The molecule has 0 saturated heterocycles. The molecule has 0 aliphatic heterocycles. The van der Waals surface area contributed by atoms with Crippen molar-refractivity contribution >= 4 is 15.7 Å². The fourth-order valence-electron chi connectivity index (χ4n) is 1.78. The van der Waals surface area contributed by atoms with Crippen molar-refractivity contribution in [2.75, 3.05) is 5.73 Å². The van der Waals surface area contributed by atoms with E-state index >= 15 is 0 Å². The summed E-state index contributed by atoms with van der Waals surface area (Å²) in [5, 5.41) is 0. The van der Waals surface area contributed by atoms with Crippen LogP contribution in [0.2, 0.25) is 0 Å². The first-order valence-electron chi connectivity index (χ1n) is 5.58. The van der Waals surface area contributed by atoms with E-state index in [0.717, 1.165) is 25.0 Å². The van der Waals surface area contributed by atoms with Gasteiger partial charge in [0.25, 0.3) is 0 Å². The van der Waals surface area contributed by atoms with Gasteiger partial charge in [0.1, 0.15) is 4.90 Å². The molecule has 0 spiro atoms. The molecule has 2 rings (SSSR count). The monoisotopic (exact) mass is 276 g/mol. The Morgan fingerprint density at radius 1 is 1.39 bits per heavy atom. The number of hydrogen-bond donors (Lipinski definition) is 2. The smallest absolute Gasteiger partial charge is 0.243 e. The highest BCUT2D eigenvalue weighted by atomic mass is 32.2. The molecule has 1 saturated carbocycles. The molecule has 0 radical (unpaired) electrons. The molecule has 0 aromatic heterocycles. The summed E-state index contributed by atoms with van der Waals surface area (Å²) in [7, 11) is -4.09. The van der Waals surface area contributed by atoms with Gasteiger partial charge in [-0.1, -0.05) is 0 Å². The lowest BCUT2D eigenvalue weighted by molar-refractivity contribution is 0.479. The highest BCUT2D eigenvalue weighted by molar-refractivity contribution is 7.89. The molecule has 1 fully saturated rings. The SMILES string of the molecule is CC(NS(=O)(=O)c1cc(N)cc(F)c1F)C1CC1. The summed E-state index contributed by atoms with van der Waals surface area (Å²) in [6.45, 7) is 1.70. The number of rotatable bonds is 4. The van der Waals surface area contributed by atoms with E-state index < -0.39 is 26.6 Å². The fraction of sp³-hybridized carbons (Fsp3) is 0.455. The van der Waals surface area contributed by atoms with Crippen molar-refractivity contribution in [2.24, 2.45) is 5.92 Å². The van der Waals surface area contributed by atoms with Crippen molar-refractivity contribution in [1.29, 1.82) is 0 Å². The van der Waals surface area contributed by atoms with E-state index in [1.54, 1.807) is 6.92 Å². The average Bonchev–Trinajstić information content (AvgIpc) is 3.05. The maximum Gasteiger partial charge on any atom is 0.243 e. The highest BCUT2D eigenvalue weighted by Crippen LogP contribution is 2.33. The van der Waals surface area contributed by atoms with Gasteiger partial charge in [0.15, 0.2) is 11.6 Å². The standard InChI is InChI=1S/C11H14F2N2O2S/c1-6(7-2-3-7)15-18(16,17)10-5-8(14)4-9(12)11(10)13/h4-7,15H,2-3,14H2,1H3. The van der Waals surface area contributed by atoms with Gasteiger partial charge in [0.2, 0.25) is 10.0 Å². The van der Waals surface area contributed by atoms with E-state index in [0.29, 0.717) is 0 Å². The first-order valence-corrected chi connectivity index (χ1v) is 7.06. The molecule has 0 bridgehead atoms. The van der Waals surface area contributed by atoms with Gasteiger partial charge in [-0.05, 0) is 37.8 Å². The predicted octanol–water partition coefficient (Wildman–Crippen LogP) is 1.62. The zero-order chi connectivity index (χ0) is 13.5. The van der Waals surface area contributed by atoms with E-state index in [2.05, 4.69) is 4.72 Å². The third kappa shape index (κ3) is 2.62. The molecule has 1 aromatic carbocycles. The van der Waals surface area contributed by atoms with Crippen LogP contribution < -0.4 is 10.5 Å². The molecular formula is C11H14F2N2O2S. The fourth-order valence-corrected chi connectivity index (χ4v) is 3.21. The molecule has 1 aliphatic carbocycles. The zero-order valence-corrected chi connectivity index (χ0v) is 10.6. The van der Waals surface area contributed by atoms with Crippen LogP contribution in [0.15, 0.2) is 17.0 Å². The molecule has 4 nitrogen and oxygen atoms in total. The summed E-state index contributed by atoms with van der Waals surface area (Å²) >= 11 is 0.